The third-order valence-electron chi connectivity index (χ3n) is 3.84. The largest absolute Gasteiger partial charge is 0.395 e. The second-order valence-corrected chi connectivity index (χ2v) is 5.16. The van der Waals surface area contributed by atoms with Crippen LogP contribution in [0.2, 0.25) is 0 Å². The molecule has 2 heterocycles. The van der Waals surface area contributed by atoms with Crippen molar-refractivity contribution in [2.75, 3.05) is 13.2 Å². The molecule has 2 N–H and O–H groups in total. The van der Waals surface area contributed by atoms with Crippen LogP contribution < -0.4 is 5.32 Å². The van der Waals surface area contributed by atoms with Crippen molar-refractivity contribution in [2.45, 2.75) is 31.8 Å². The first-order valence-electron chi connectivity index (χ1n) is 6.56. The number of imidazole rings is 1. The van der Waals surface area contributed by atoms with Gasteiger partial charge in [-0.15, -0.1) is 0 Å². The Balaban J connectivity index is 2.18. The van der Waals surface area contributed by atoms with E-state index in [1.54, 1.807) is 0 Å². The lowest BCUT2D eigenvalue weighted by Crippen LogP contribution is -2.36. The molecule has 1 saturated heterocycles. The Labute approximate surface area is 107 Å². The van der Waals surface area contributed by atoms with E-state index >= 15 is 0 Å². The van der Waals surface area contributed by atoms with E-state index in [2.05, 4.69) is 22.9 Å². The highest BCUT2D eigenvalue weighted by atomic mass is 16.3. The first-order chi connectivity index (χ1) is 8.74. The van der Waals surface area contributed by atoms with E-state index in [0.717, 1.165) is 29.8 Å². The predicted octanol–water partition coefficient (Wildman–Crippen LogP) is 1.63. The fraction of sp³-hybridized carbons (Fsp3) is 0.500. The van der Waals surface area contributed by atoms with Gasteiger partial charge in [-0.05, 0) is 38.4 Å². The number of aromatic nitrogens is 2. The highest BCUT2D eigenvalue weighted by Crippen LogP contribution is 2.31. The molecular formula is C14H19N3O. The minimum absolute atomic E-state index is 0.0613. The molecule has 4 nitrogen and oxygen atoms in total. The fourth-order valence-corrected chi connectivity index (χ4v) is 2.91. The Morgan fingerprint density at radius 1 is 1.44 bits per heavy atom. The summed E-state index contributed by atoms with van der Waals surface area (Å²) in [7, 11) is 0. The van der Waals surface area contributed by atoms with Gasteiger partial charge in [-0.2, -0.15) is 0 Å². The van der Waals surface area contributed by atoms with Gasteiger partial charge in [0.15, 0.2) is 0 Å². The van der Waals surface area contributed by atoms with Crippen LogP contribution in [0, 0.1) is 0 Å². The highest BCUT2D eigenvalue weighted by Gasteiger charge is 2.34. The lowest BCUT2D eigenvalue weighted by molar-refractivity contribution is 0.269. The van der Waals surface area contributed by atoms with Crippen molar-refractivity contribution in [3.63, 3.8) is 0 Å². The van der Waals surface area contributed by atoms with Crippen LogP contribution in [-0.2, 0) is 12.1 Å². The molecule has 0 saturated carbocycles. The van der Waals surface area contributed by atoms with Gasteiger partial charge in [0, 0.05) is 6.54 Å². The Morgan fingerprint density at radius 3 is 3.00 bits per heavy atom. The normalized spacial score (nSPS) is 23.9. The number of fused-ring (bicyclic) bond motifs is 1. The number of benzene rings is 1. The first-order valence-corrected chi connectivity index (χ1v) is 6.56. The molecule has 1 aromatic heterocycles. The summed E-state index contributed by atoms with van der Waals surface area (Å²) in [4.78, 5) is 4.77. The molecule has 0 amide bonds. The van der Waals surface area contributed by atoms with Gasteiger partial charge in [0.1, 0.15) is 5.82 Å². The van der Waals surface area contributed by atoms with Crippen molar-refractivity contribution in [1.29, 1.82) is 0 Å². The molecule has 0 spiro atoms. The van der Waals surface area contributed by atoms with E-state index in [1.165, 1.54) is 6.42 Å². The highest BCUT2D eigenvalue weighted by molar-refractivity contribution is 5.76. The Kier molecular flexibility index (Phi) is 2.84. The monoisotopic (exact) mass is 245 g/mol. The van der Waals surface area contributed by atoms with Gasteiger partial charge >= 0.3 is 0 Å². The molecule has 1 aromatic carbocycles. The zero-order valence-corrected chi connectivity index (χ0v) is 10.7. The molecule has 2 aromatic rings. The summed E-state index contributed by atoms with van der Waals surface area (Å²) in [5, 5.41) is 12.8. The van der Waals surface area contributed by atoms with Crippen molar-refractivity contribution >= 4 is 11.0 Å². The number of para-hydroxylation sites is 2. The molecule has 1 fully saturated rings. The maximum atomic E-state index is 9.28. The Hall–Kier alpha value is -1.39. The molecule has 0 radical (unpaired) electrons. The van der Waals surface area contributed by atoms with Crippen molar-refractivity contribution in [3.8, 4) is 0 Å². The summed E-state index contributed by atoms with van der Waals surface area (Å²) in [6.45, 7) is 3.99. The van der Waals surface area contributed by atoms with Crippen LogP contribution in [0.4, 0.5) is 0 Å². The van der Waals surface area contributed by atoms with Crippen molar-refractivity contribution < 1.29 is 5.11 Å². The SMILES string of the molecule is CC1(c2nc3ccccc3n2CCO)CCCN1. The number of rotatable bonds is 3. The zero-order valence-electron chi connectivity index (χ0n) is 10.7. The van der Waals surface area contributed by atoms with Gasteiger partial charge in [0.2, 0.25) is 0 Å². The summed E-state index contributed by atoms with van der Waals surface area (Å²) in [6, 6.07) is 8.13. The lowest BCUT2D eigenvalue weighted by atomic mass is 9.99. The van der Waals surface area contributed by atoms with Crippen LogP contribution >= 0.6 is 0 Å². The van der Waals surface area contributed by atoms with Crippen molar-refractivity contribution in [3.05, 3.63) is 30.1 Å². The van der Waals surface area contributed by atoms with Gasteiger partial charge in [0.25, 0.3) is 0 Å². The molecule has 1 unspecified atom stereocenters. The number of nitrogens with zero attached hydrogens (tertiary/aromatic N) is 2. The second-order valence-electron chi connectivity index (χ2n) is 5.16. The Bertz CT molecular complexity index is 555. The second kappa shape index (κ2) is 4.37. The number of aliphatic hydroxyl groups is 1. The van der Waals surface area contributed by atoms with Gasteiger partial charge in [0.05, 0.1) is 23.2 Å². The number of hydrogen-bond acceptors (Lipinski definition) is 3. The van der Waals surface area contributed by atoms with Crippen molar-refractivity contribution in [2.24, 2.45) is 0 Å². The van der Waals surface area contributed by atoms with E-state index in [-0.39, 0.29) is 12.1 Å². The average molecular weight is 245 g/mol. The molecule has 0 aliphatic carbocycles. The first kappa shape index (κ1) is 11.7. The molecule has 18 heavy (non-hydrogen) atoms. The molecule has 1 atom stereocenters. The molecule has 4 heteroatoms. The van der Waals surface area contributed by atoms with E-state index in [1.807, 2.05) is 18.2 Å². The topological polar surface area (TPSA) is 50.1 Å². The maximum absolute atomic E-state index is 9.28. The minimum atomic E-state index is -0.0613. The number of aliphatic hydroxyl groups excluding tert-OH is 1. The van der Waals surface area contributed by atoms with Crippen LogP contribution in [0.15, 0.2) is 24.3 Å². The van der Waals surface area contributed by atoms with Gasteiger partial charge in [-0.3, -0.25) is 0 Å². The minimum Gasteiger partial charge on any atom is -0.395 e. The standard InChI is InChI=1S/C14H19N3O/c1-14(7-4-8-15-14)13-16-11-5-2-3-6-12(11)17(13)9-10-18/h2-3,5-6,15,18H,4,7-10H2,1H3. The smallest absolute Gasteiger partial charge is 0.130 e. The summed E-state index contributed by atoms with van der Waals surface area (Å²) >= 11 is 0. The zero-order chi connectivity index (χ0) is 12.6. The number of nitrogens with one attached hydrogen (secondary N) is 1. The van der Waals surface area contributed by atoms with E-state index < -0.39 is 0 Å². The number of hydrogen-bond donors (Lipinski definition) is 2. The van der Waals surface area contributed by atoms with E-state index in [9.17, 15) is 5.11 Å². The predicted molar refractivity (Wildman–Crippen MR) is 71.4 cm³/mol. The molecule has 3 rings (SSSR count). The van der Waals surface area contributed by atoms with Crippen LogP contribution in [0.1, 0.15) is 25.6 Å². The van der Waals surface area contributed by atoms with Crippen LogP contribution in [0.25, 0.3) is 11.0 Å². The maximum Gasteiger partial charge on any atom is 0.130 e. The fourth-order valence-electron chi connectivity index (χ4n) is 2.91. The molecular weight excluding hydrogens is 226 g/mol. The quantitative estimate of drug-likeness (QED) is 0.864. The third kappa shape index (κ3) is 1.72. The summed E-state index contributed by atoms with van der Waals surface area (Å²) in [6.07, 6.45) is 2.28. The average Bonchev–Trinajstić information content (AvgIpc) is 2.96. The molecule has 1 aliphatic heterocycles. The molecule has 96 valence electrons. The van der Waals surface area contributed by atoms with Gasteiger partial charge < -0.3 is 15.0 Å². The molecule has 0 bridgehead atoms. The van der Waals surface area contributed by atoms with Crippen LogP contribution in [0.3, 0.4) is 0 Å². The lowest BCUT2D eigenvalue weighted by Gasteiger charge is -2.24. The van der Waals surface area contributed by atoms with Crippen LogP contribution in [0.5, 0.6) is 0 Å². The summed E-state index contributed by atoms with van der Waals surface area (Å²) < 4.78 is 2.15. The van der Waals surface area contributed by atoms with E-state index in [4.69, 9.17) is 4.98 Å². The Morgan fingerprint density at radius 2 is 2.28 bits per heavy atom. The summed E-state index contributed by atoms with van der Waals surface area (Å²) in [5.41, 5.74) is 2.06. The van der Waals surface area contributed by atoms with Crippen LogP contribution in [-0.4, -0.2) is 27.8 Å². The van der Waals surface area contributed by atoms with E-state index in [0.29, 0.717) is 6.54 Å². The van der Waals surface area contributed by atoms with Gasteiger partial charge in [-0.25, -0.2) is 4.98 Å². The van der Waals surface area contributed by atoms with Gasteiger partial charge in [-0.1, -0.05) is 12.1 Å². The van der Waals surface area contributed by atoms with Crippen molar-refractivity contribution in [1.82, 2.24) is 14.9 Å². The molecule has 1 aliphatic rings. The summed E-state index contributed by atoms with van der Waals surface area (Å²) in [5.74, 6) is 1.05. The third-order valence-corrected chi connectivity index (χ3v) is 3.84.